The van der Waals surface area contributed by atoms with Crippen molar-refractivity contribution in [1.29, 1.82) is 0 Å². The van der Waals surface area contributed by atoms with Gasteiger partial charge in [0, 0.05) is 46.4 Å². The highest BCUT2D eigenvalue weighted by Crippen LogP contribution is 2.51. The minimum Gasteiger partial charge on any atom is -0.332 e. The van der Waals surface area contributed by atoms with E-state index in [1.165, 1.54) is 0 Å². The zero-order valence-electron chi connectivity index (χ0n) is 13.1. The third-order valence-corrected chi connectivity index (χ3v) is 5.59. The molecule has 2 heterocycles. The first-order valence-electron chi connectivity index (χ1n) is 7.54. The summed E-state index contributed by atoms with van der Waals surface area (Å²) in [5, 5.41) is 1.05. The van der Waals surface area contributed by atoms with Gasteiger partial charge in [-0.2, -0.15) is 0 Å². The molecule has 0 saturated carbocycles. The van der Waals surface area contributed by atoms with Gasteiger partial charge in [-0.15, -0.1) is 0 Å². The topological polar surface area (TPSA) is 40.6 Å². The first kappa shape index (κ1) is 15.5. The Bertz CT molecular complexity index is 823. The van der Waals surface area contributed by atoms with Gasteiger partial charge < -0.3 is 9.80 Å². The lowest BCUT2D eigenvalue weighted by Crippen LogP contribution is -2.34. The summed E-state index contributed by atoms with van der Waals surface area (Å²) in [6.07, 6.45) is 0. The van der Waals surface area contributed by atoms with Crippen LogP contribution in [0.5, 0.6) is 0 Å². The van der Waals surface area contributed by atoms with E-state index in [0.29, 0.717) is 21.2 Å². The highest BCUT2D eigenvalue weighted by atomic mass is 35.5. The molecule has 2 aromatic carbocycles. The summed E-state index contributed by atoms with van der Waals surface area (Å²) in [6.45, 7) is 0. The van der Waals surface area contributed by atoms with Crippen LogP contribution in [0.25, 0.3) is 0 Å². The van der Waals surface area contributed by atoms with Crippen molar-refractivity contribution in [3.05, 3.63) is 68.7 Å². The van der Waals surface area contributed by atoms with Gasteiger partial charge in [0.1, 0.15) is 0 Å². The fourth-order valence-electron chi connectivity index (χ4n) is 3.81. The van der Waals surface area contributed by atoms with Crippen molar-refractivity contribution in [2.45, 2.75) is 12.1 Å². The lowest BCUT2D eigenvalue weighted by molar-refractivity contribution is 0.0596. The summed E-state index contributed by atoms with van der Waals surface area (Å²) in [4.78, 5) is 28.5. The van der Waals surface area contributed by atoms with E-state index < -0.39 is 0 Å². The van der Waals surface area contributed by atoms with Crippen molar-refractivity contribution in [2.24, 2.45) is 0 Å². The summed E-state index contributed by atoms with van der Waals surface area (Å²) < 4.78 is 0. The molecule has 0 N–H and O–H groups in total. The molecule has 4 rings (SSSR count). The second-order valence-corrected chi connectivity index (χ2v) is 6.94. The molecule has 24 heavy (non-hydrogen) atoms. The zero-order chi connectivity index (χ0) is 17.2. The van der Waals surface area contributed by atoms with Gasteiger partial charge in [0.2, 0.25) is 0 Å². The van der Waals surface area contributed by atoms with E-state index in [-0.39, 0.29) is 23.9 Å². The SMILES string of the molecule is CN1C(=O)c2cccc(Cl)c2C1C1c2c(Cl)cccc2C(=O)N1C. The van der Waals surface area contributed by atoms with Crippen molar-refractivity contribution >= 4 is 35.0 Å². The maximum atomic E-state index is 12.6. The van der Waals surface area contributed by atoms with Gasteiger partial charge in [-0.3, -0.25) is 9.59 Å². The van der Waals surface area contributed by atoms with Crippen LogP contribution in [0.4, 0.5) is 0 Å². The quantitative estimate of drug-likeness (QED) is 0.772. The average molecular weight is 361 g/mol. The largest absolute Gasteiger partial charge is 0.332 e. The number of hydrogen-bond acceptors (Lipinski definition) is 2. The van der Waals surface area contributed by atoms with Crippen molar-refractivity contribution in [1.82, 2.24) is 9.80 Å². The predicted molar refractivity (Wildman–Crippen MR) is 92.6 cm³/mol. The fraction of sp³-hybridized carbons (Fsp3) is 0.222. The highest BCUT2D eigenvalue weighted by Gasteiger charge is 2.48. The smallest absolute Gasteiger partial charge is 0.254 e. The number of carbonyl (C=O) groups is 2. The number of halogens is 2. The maximum Gasteiger partial charge on any atom is 0.254 e. The van der Waals surface area contributed by atoms with E-state index in [0.717, 1.165) is 11.1 Å². The lowest BCUT2D eigenvalue weighted by atomic mass is 9.92. The fourth-order valence-corrected chi connectivity index (χ4v) is 4.38. The standard InChI is InChI=1S/C18H14Cl2N2O2/c1-21-15(13-9(17(21)23)5-3-7-11(13)19)16-14-10(18(24)22(16)2)6-4-8-12(14)20/h3-8,15-16H,1-2H3. The summed E-state index contributed by atoms with van der Waals surface area (Å²) in [7, 11) is 3.47. The lowest BCUT2D eigenvalue weighted by Gasteiger charge is -2.32. The number of hydrogen-bond donors (Lipinski definition) is 0. The van der Waals surface area contributed by atoms with Crippen LogP contribution in [0, 0.1) is 0 Å². The highest BCUT2D eigenvalue weighted by molar-refractivity contribution is 6.33. The van der Waals surface area contributed by atoms with Crippen LogP contribution < -0.4 is 0 Å². The number of amides is 2. The second kappa shape index (κ2) is 5.23. The van der Waals surface area contributed by atoms with Crippen LogP contribution in [0.15, 0.2) is 36.4 Å². The maximum absolute atomic E-state index is 12.6. The molecular formula is C18H14Cl2N2O2. The molecule has 2 atom stereocenters. The third kappa shape index (κ3) is 1.87. The van der Waals surface area contributed by atoms with E-state index in [4.69, 9.17) is 23.2 Å². The summed E-state index contributed by atoms with van der Waals surface area (Å²) in [5.74, 6) is -0.197. The van der Waals surface area contributed by atoms with Gasteiger partial charge >= 0.3 is 0 Å². The van der Waals surface area contributed by atoms with Crippen molar-refractivity contribution < 1.29 is 9.59 Å². The summed E-state index contributed by atoms with van der Waals surface area (Å²) in [6, 6.07) is 9.87. The Kier molecular flexibility index (Phi) is 3.37. The molecule has 0 aromatic heterocycles. The van der Waals surface area contributed by atoms with Crippen LogP contribution >= 0.6 is 23.2 Å². The Morgan fingerprint density at radius 1 is 0.750 bits per heavy atom. The molecule has 2 amide bonds. The van der Waals surface area contributed by atoms with E-state index in [1.807, 2.05) is 0 Å². The molecule has 2 aliphatic rings. The summed E-state index contributed by atoms with van der Waals surface area (Å²) in [5.41, 5.74) is 2.67. The Morgan fingerprint density at radius 3 is 1.50 bits per heavy atom. The monoisotopic (exact) mass is 360 g/mol. The molecule has 0 fully saturated rings. The zero-order valence-corrected chi connectivity index (χ0v) is 14.6. The van der Waals surface area contributed by atoms with Crippen LogP contribution in [-0.2, 0) is 0 Å². The van der Waals surface area contributed by atoms with E-state index in [2.05, 4.69) is 0 Å². The predicted octanol–water partition coefficient (Wildman–Crippen LogP) is 3.95. The van der Waals surface area contributed by atoms with Gasteiger partial charge in [-0.1, -0.05) is 35.3 Å². The van der Waals surface area contributed by atoms with Crippen molar-refractivity contribution in [3.63, 3.8) is 0 Å². The molecule has 4 nitrogen and oxygen atoms in total. The average Bonchev–Trinajstić information content (AvgIpc) is 2.96. The van der Waals surface area contributed by atoms with E-state index >= 15 is 0 Å². The van der Waals surface area contributed by atoms with Crippen molar-refractivity contribution in [2.75, 3.05) is 14.1 Å². The Labute approximate surface area is 149 Å². The molecular weight excluding hydrogens is 347 g/mol. The second-order valence-electron chi connectivity index (χ2n) is 6.12. The minimum atomic E-state index is -0.365. The molecule has 122 valence electrons. The molecule has 0 spiro atoms. The minimum absolute atomic E-state index is 0.0983. The molecule has 0 radical (unpaired) electrons. The molecule has 2 aliphatic heterocycles. The molecule has 0 saturated heterocycles. The number of nitrogens with zero attached hydrogens (tertiary/aromatic N) is 2. The Balaban J connectivity index is 1.96. The number of likely N-dealkylation sites (N-methyl/N-ethyl adjacent to an activating group) is 2. The van der Waals surface area contributed by atoms with E-state index in [9.17, 15) is 9.59 Å². The van der Waals surface area contributed by atoms with Gasteiger partial charge in [0.15, 0.2) is 0 Å². The first-order valence-corrected chi connectivity index (χ1v) is 8.30. The molecule has 6 heteroatoms. The number of carbonyl (C=O) groups excluding carboxylic acids is 2. The van der Waals surface area contributed by atoms with Crippen LogP contribution in [0.3, 0.4) is 0 Å². The van der Waals surface area contributed by atoms with E-state index in [1.54, 1.807) is 60.3 Å². The molecule has 2 aromatic rings. The number of rotatable bonds is 1. The van der Waals surface area contributed by atoms with Gasteiger partial charge in [0.05, 0.1) is 12.1 Å². The Morgan fingerprint density at radius 2 is 1.12 bits per heavy atom. The first-order chi connectivity index (χ1) is 11.4. The van der Waals surface area contributed by atoms with Crippen LogP contribution in [0.2, 0.25) is 10.0 Å². The van der Waals surface area contributed by atoms with Gasteiger partial charge in [-0.05, 0) is 24.3 Å². The number of fused-ring (bicyclic) bond motifs is 2. The third-order valence-electron chi connectivity index (χ3n) is 4.93. The summed E-state index contributed by atoms with van der Waals surface area (Å²) >= 11 is 12.8. The number of benzene rings is 2. The van der Waals surface area contributed by atoms with Gasteiger partial charge in [0.25, 0.3) is 11.8 Å². The molecule has 0 bridgehead atoms. The normalized spacial score (nSPS) is 22.2. The Hall–Kier alpha value is -2.04. The molecule has 2 unspecified atom stereocenters. The van der Waals surface area contributed by atoms with Gasteiger partial charge in [-0.25, -0.2) is 0 Å². The van der Waals surface area contributed by atoms with Crippen LogP contribution in [-0.4, -0.2) is 35.7 Å². The molecule has 0 aliphatic carbocycles. The van der Waals surface area contributed by atoms with Crippen LogP contribution in [0.1, 0.15) is 43.9 Å². The van der Waals surface area contributed by atoms with Crippen molar-refractivity contribution in [3.8, 4) is 0 Å².